The number of imidazole rings is 2. The molecule has 4 heterocycles. The summed E-state index contributed by atoms with van der Waals surface area (Å²) in [6, 6.07) is 15.4. The van der Waals surface area contributed by atoms with Crippen LogP contribution in [-0.4, -0.2) is 73.9 Å². The molecule has 286 valence electrons. The molecular weight excluding hydrogens is 683 g/mol. The number of methoxy groups -OCH3 is 1. The van der Waals surface area contributed by atoms with Gasteiger partial charge in [0.15, 0.2) is 0 Å². The second-order valence-corrected chi connectivity index (χ2v) is 16.5. The minimum absolute atomic E-state index is 0.0304. The number of aromatic amines is 2. The van der Waals surface area contributed by atoms with Gasteiger partial charge in [-0.1, -0.05) is 72.7 Å². The molecule has 12 heteroatoms. The van der Waals surface area contributed by atoms with Crippen molar-refractivity contribution >= 4 is 28.9 Å². The van der Waals surface area contributed by atoms with E-state index in [0.717, 1.165) is 76.4 Å². The molecule has 0 aliphatic carbocycles. The van der Waals surface area contributed by atoms with Crippen molar-refractivity contribution in [1.29, 1.82) is 0 Å². The highest BCUT2D eigenvalue weighted by Crippen LogP contribution is 2.36. The first-order valence-electron chi connectivity index (χ1n) is 18.8. The molecule has 2 atom stereocenters. The highest BCUT2D eigenvalue weighted by atomic mass is 16.5. The molecule has 0 unspecified atom stereocenters. The van der Waals surface area contributed by atoms with E-state index >= 15 is 0 Å². The fourth-order valence-corrected chi connectivity index (χ4v) is 7.04. The van der Waals surface area contributed by atoms with E-state index in [2.05, 4.69) is 47.1 Å². The van der Waals surface area contributed by atoms with E-state index in [1.54, 1.807) is 11.1 Å². The molecule has 0 radical (unpaired) electrons. The summed E-state index contributed by atoms with van der Waals surface area (Å²) in [5, 5.41) is 3.69. The summed E-state index contributed by atoms with van der Waals surface area (Å²) < 4.78 is 11.0. The van der Waals surface area contributed by atoms with Gasteiger partial charge in [0.2, 0.25) is 11.8 Å². The fraction of sp³-hybridized carbons (Fsp3) is 0.452. The molecule has 3 aromatic heterocycles. The maximum absolute atomic E-state index is 13.6. The molecule has 12 nitrogen and oxygen atoms in total. The molecule has 0 bridgehead atoms. The first-order chi connectivity index (χ1) is 25.6. The molecule has 54 heavy (non-hydrogen) atoms. The molecule has 2 aromatic carbocycles. The van der Waals surface area contributed by atoms with Crippen LogP contribution in [0, 0.1) is 10.8 Å². The van der Waals surface area contributed by atoms with E-state index < -0.39 is 17.6 Å². The number of benzene rings is 2. The monoisotopic (exact) mass is 735 g/mol. The number of alkyl carbamates (subject to hydrolysis) is 1. The molecule has 6 rings (SSSR count). The van der Waals surface area contributed by atoms with Crippen molar-refractivity contribution in [3.05, 3.63) is 72.6 Å². The number of ether oxygens (including phenoxy) is 1. The van der Waals surface area contributed by atoms with Gasteiger partial charge in [0.05, 0.1) is 43.5 Å². The Kier molecular flexibility index (Phi) is 11.0. The lowest BCUT2D eigenvalue weighted by Gasteiger charge is -2.34. The number of hydrogen-bond acceptors (Lipinski definition) is 7. The van der Waals surface area contributed by atoms with Crippen molar-refractivity contribution < 1.29 is 23.5 Å². The standard InChI is InChI=1S/C42H53N7O5/c1-9-18-48(39(51)37(42(5,6)7)47-40(52)53-8)25-35-43-23-30(45-35)26-12-14-27(15-13-26)34-21-29-20-28(16-17-33(29)54-34)31-24-44-38(46-31)32-11-10-19-49(32)36(50)22-41(2,3)4/h12-17,20-21,23-24,32,37H,9-11,18-19,22,25H2,1-8H3,(H,43,45)(H,44,46)(H,47,52)/t32-,37+/m0/s1. The van der Waals surface area contributed by atoms with Crippen LogP contribution in [0.5, 0.6) is 0 Å². The van der Waals surface area contributed by atoms with Gasteiger partial charge in [-0.3, -0.25) is 9.59 Å². The SMILES string of the molecule is CCCN(Cc1ncc(-c2ccc(-c3cc4cc(-c5cnc([C@@H]6CCCN6C(=O)CC(C)(C)C)[nH]5)ccc4o3)cc2)[nH]1)C(=O)[C@@H](NC(=O)OC)C(C)(C)C. The summed E-state index contributed by atoms with van der Waals surface area (Å²) in [7, 11) is 1.29. The maximum Gasteiger partial charge on any atom is 0.407 e. The Morgan fingerprint density at radius 3 is 2.33 bits per heavy atom. The number of H-pyrrole nitrogens is 2. The van der Waals surface area contributed by atoms with Crippen LogP contribution in [0.25, 0.3) is 44.8 Å². The summed E-state index contributed by atoms with van der Waals surface area (Å²) in [5.74, 6) is 2.22. The fourth-order valence-electron chi connectivity index (χ4n) is 7.04. The molecule has 1 aliphatic rings. The van der Waals surface area contributed by atoms with Crippen LogP contribution in [0.4, 0.5) is 4.79 Å². The minimum Gasteiger partial charge on any atom is -0.456 e. The van der Waals surface area contributed by atoms with Crippen LogP contribution in [0.3, 0.4) is 0 Å². The summed E-state index contributed by atoms with van der Waals surface area (Å²) in [6.07, 6.45) is 6.13. The van der Waals surface area contributed by atoms with Crippen molar-refractivity contribution in [2.24, 2.45) is 10.8 Å². The van der Waals surface area contributed by atoms with Gasteiger partial charge >= 0.3 is 6.09 Å². The van der Waals surface area contributed by atoms with Crippen LogP contribution >= 0.6 is 0 Å². The number of carbonyl (C=O) groups excluding carboxylic acids is 3. The average Bonchev–Trinajstić information content (AvgIpc) is 3.95. The van der Waals surface area contributed by atoms with Gasteiger partial charge in [-0.2, -0.15) is 0 Å². The van der Waals surface area contributed by atoms with E-state index in [-0.39, 0.29) is 29.8 Å². The maximum atomic E-state index is 13.6. The quantitative estimate of drug-likeness (QED) is 0.123. The topological polar surface area (TPSA) is 149 Å². The molecule has 3 amide bonds. The van der Waals surface area contributed by atoms with Crippen molar-refractivity contribution in [3.8, 4) is 33.8 Å². The zero-order valence-corrected chi connectivity index (χ0v) is 32.7. The number of furan rings is 1. The summed E-state index contributed by atoms with van der Waals surface area (Å²) in [6.45, 7) is 15.6. The number of rotatable bonds is 11. The summed E-state index contributed by atoms with van der Waals surface area (Å²) >= 11 is 0. The number of nitrogens with one attached hydrogen (secondary N) is 3. The highest BCUT2D eigenvalue weighted by Gasteiger charge is 2.36. The van der Waals surface area contributed by atoms with Crippen molar-refractivity contribution in [1.82, 2.24) is 35.1 Å². The number of aromatic nitrogens is 4. The normalized spacial score (nSPS) is 15.4. The van der Waals surface area contributed by atoms with Gasteiger partial charge in [-0.25, -0.2) is 14.8 Å². The number of carbonyl (C=O) groups is 3. The van der Waals surface area contributed by atoms with Gasteiger partial charge in [0, 0.05) is 36.0 Å². The van der Waals surface area contributed by atoms with Gasteiger partial charge in [0.25, 0.3) is 0 Å². The van der Waals surface area contributed by atoms with Crippen molar-refractivity contribution in [2.45, 2.75) is 92.8 Å². The third kappa shape index (κ3) is 8.69. The molecule has 0 saturated carbocycles. The lowest BCUT2D eigenvalue weighted by molar-refractivity contribution is -0.137. The van der Waals surface area contributed by atoms with Crippen LogP contribution in [0.2, 0.25) is 0 Å². The van der Waals surface area contributed by atoms with Crippen LogP contribution in [-0.2, 0) is 20.9 Å². The number of likely N-dealkylation sites (tertiary alicyclic amines) is 1. The molecule has 1 saturated heterocycles. The van der Waals surface area contributed by atoms with Crippen LogP contribution < -0.4 is 5.32 Å². The zero-order valence-electron chi connectivity index (χ0n) is 32.7. The molecule has 1 aliphatic heterocycles. The van der Waals surface area contributed by atoms with Crippen LogP contribution in [0.15, 0.2) is 65.3 Å². The summed E-state index contributed by atoms with van der Waals surface area (Å²) in [4.78, 5) is 58.6. The van der Waals surface area contributed by atoms with Gasteiger partial charge in [-0.05, 0) is 59.9 Å². The molecule has 5 aromatic rings. The predicted octanol–water partition coefficient (Wildman–Crippen LogP) is 8.49. The molecule has 3 N–H and O–H groups in total. The Balaban J connectivity index is 1.14. The summed E-state index contributed by atoms with van der Waals surface area (Å²) in [5.41, 5.74) is 4.81. The second-order valence-electron chi connectivity index (χ2n) is 16.5. The Labute approximate surface area is 317 Å². The Bertz CT molecular complexity index is 2100. The largest absolute Gasteiger partial charge is 0.456 e. The average molecular weight is 736 g/mol. The van der Waals surface area contributed by atoms with E-state index in [0.29, 0.717) is 18.8 Å². The molecule has 1 fully saturated rings. The lowest BCUT2D eigenvalue weighted by atomic mass is 9.85. The van der Waals surface area contributed by atoms with Crippen molar-refractivity contribution in [3.63, 3.8) is 0 Å². The first kappa shape index (κ1) is 38.3. The second kappa shape index (κ2) is 15.5. The number of amides is 3. The molecular formula is C42H53N7O5. The number of hydrogen-bond donors (Lipinski definition) is 3. The number of nitrogens with zero attached hydrogens (tertiary/aromatic N) is 4. The van der Waals surface area contributed by atoms with E-state index in [1.807, 2.05) is 81.3 Å². The van der Waals surface area contributed by atoms with E-state index in [4.69, 9.17) is 14.1 Å². The highest BCUT2D eigenvalue weighted by molar-refractivity contribution is 5.88. The van der Waals surface area contributed by atoms with Gasteiger partial charge in [-0.15, -0.1) is 0 Å². The minimum atomic E-state index is -0.758. The van der Waals surface area contributed by atoms with Crippen LogP contribution in [0.1, 0.15) is 91.8 Å². The zero-order chi connectivity index (χ0) is 38.8. The Hall–Kier alpha value is -5.39. The Morgan fingerprint density at radius 2 is 1.65 bits per heavy atom. The first-order valence-corrected chi connectivity index (χ1v) is 18.8. The third-order valence-electron chi connectivity index (χ3n) is 9.81. The lowest BCUT2D eigenvalue weighted by Crippen LogP contribution is -2.54. The van der Waals surface area contributed by atoms with Crippen molar-refractivity contribution in [2.75, 3.05) is 20.2 Å². The van der Waals surface area contributed by atoms with E-state index in [9.17, 15) is 14.4 Å². The molecule has 0 spiro atoms. The third-order valence-corrected chi connectivity index (χ3v) is 9.81. The smallest absolute Gasteiger partial charge is 0.407 e. The van der Waals surface area contributed by atoms with Gasteiger partial charge in [0.1, 0.15) is 29.0 Å². The Morgan fingerprint density at radius 1 is 0.963 bits per heavy atom. The predicted molar refractivity (Wildman–Crippen MR) is 209 cm³/mol. The number of fused-ring (bicyclic) bond motifs is 1. The van der Waals surface area contributed by atoms with E-state index in [1.165, 1.54) is 7.11 Å². The van der Waals surface area contributed by atoms with Gasteiger partial charge < -0.3 is 34.2 Å².